The molecule has 34 heavy (non-hydrogen) atoms. The topological polar surface area (TPSA) is 113 Å². The first kappa shape index (κ1) is 24.5. The van der Waals surface area contributed by atoms with Crippen molar-refractivity contribution in [3.63, 3.8) is 0 Å². The molecule has 2 N–H and O–H groups in total. The number of benzene rings is 3. The van der Waals surface area contributed by atoms with E-state index >= 15 is 0 Å². The number of nitrogens with zero attached hydrogens (tertiary/aromatic N) is 2. The van der Waals surface area contributed by atoms with Gasteiger partial charge in [0.2, 0.25) is 0 Å². The highest BCUT2D eigenvalue weighted by Crippen LogP contribution is 2.36. The zero-order valence-electron chi connectivity index (χ0n) is 18.5. The van der Waals surface area contributed by atoms with Crippen molar-refractivity contribution < 1.29 is 19.1 Å². The number of anilines is 1. The molecule has 0 heterocycles. The summed E-state index contributed by atoms with van der Waals surface area (Å²) in [5.41, 5.74) is 5.81. The maximum atomic E-state index is 12.0. The second kappa shape index (κ2) is 11.6. The highest BCUT2D eigenvalue weighted by Gasteiger charge is 2.14. The molecule has 9 heteroatoms. The molecule has 0 aliphatic heterocycles. The number of hydrogen-bond donors (Lipinski definition) is 2. The zero-order valence-corrected chi connectivity index (χ0v) is 20.0. The van der Waals surface area contributed by atoms with Gasteiger partial charge in [-0.3, -0.25) is 9.59 Å². The van der Waals surface area contributed by atoms with Crippen LogP contribution >= 0.6 is 15.9 Å². The maximum absolute atomic E-state index is 12.0. The minimum Gasteiger partial charge on any atom is -0.493 e. The fourth-order valence-electron chi connectivity index (χ4n) is 2.83. The van der Waals surface area contributed by atoms with Gasteiger partial charge < -0.3 is 14.8 Å². The van der Waals surface area contributed by atoms with E-state index in [1.165, 1.54) is 43.2 Å². The second-order valence-electron chi connectivity index (χ2n) is 7.15. The number of carbonyl (C=O) groups excluding carboxylic acids is 2. The van der Waals surface area contributed by atoms with Crippen LogP contribution in [0, 0.1) is 18.3 Å². The Hall–Kier alpha value is -4.16. The van der Waals surface area contributed by atoms with Gasteiger partial charge in [-0.05, 0) is 70.4 Å². The number of nitriles is 1. The Morgan fingerprint density at radius 2 is 1.79 bits per heavy atom. The second-order valence-corrected chi connectivity index (χ2v) is 8.01. The van der Waals surface area contributed by atoms with E-state index in [4.69, 9.17) is 14.7 Å². The maximum Gasteiger partial charge on any atom is 0.329 e. The number of aryl methyl sites for hydroxylation is 1. The Labute approximate surface area is 205 Å². The van der Waals surface area contributed by atoms with Gasteiger partial charge in [0.05, 0.1) is 29.4 Å². The van der Waals surface area contributed by atoms with Gasteiger partial charge in [0, 0.05) is 5.69 Å². The molecular weight excluding hydrogens is 500 g/mol. The molecule has 0 aromatic heterocycles. The standard InChI is InChI=1S/C25H21BrN4O4/c1-16-3-5-18(6-4-16)15-34-23-21(26)11-19(12-22(23)33-2)14-28-30-25(32)24(31)29-20-9-7-17(13-27)8-10-20/h3-12,14H,15H2,1-2H3,(H,29,31)(H,30,32)/b28-14+. The van der Waals surface area contributed by atoms with Crippen LogP contribution in [0.1, 0.15) is 22.3 Å². The van der Waals surface area contributed by atoms with E-state index in [-0.39, 0.29) is 0 Å². The third kappa shape index (κ3) is 6.67. The van der Waals surface area contributed by atoms with Gasteiger partial charge in [0.1, 0.15) is 6.61 Å². The Morgan fingerprint density at radius 3 is 2.44 bits per heavy atom. The number of hydrazone groups is 1. The molecule has 0 radical (unpaired) electrons. The third-order valence-corrected chi connectivity index (χ3v) is 5.20. The molecule has 0 fully saturated rings. The summed E-state index contributed by atoms with van der Waals surface area (Å²) in [6.45, 7) is 2.39. The highest BCUT2D eigenvalue weighted by molar-refractivity contribution is 9.10. The molecule has 3 aromatic carbocycles. The summed E-state index contributed by atoms with van der Waals surface area (Å²) in [6, 6.07) is 19.6. The van der Waals surface area contributed by atoms with Crippen molar-refractivity contribution in [1.29, 1.82) is 5.26 Å². The molecule has 0 saturated heterocycles. The molecule has 3 rings (SSSR count). The number of ether oxygens (including phenoxy) is 2. The van der Waals surface area contributed by atoms with E-state index < -0.39 is 11.8 Å². The van der Waals surface area contributed by atoms with Crippen LogP contribution in [-0.4, -0.2) is 25.1 Å². The summed E-state index contributed by atoms with van der Waals surface area (Å²) in [6.07, 6.45) is 1.38. The quantitative estimate of drug-likeness (QED) is 0.274. The predicted octanol–water partition coefficient (Wildman–Crippen LogP) is 4.31. The normalized spacial score (nSPS) is 10.4. The Balaban J connectivity index is 1.60. The van der Waals surface area contributed by atoms with Crippen LogP contribution in [0.4, 0.5) is 5.69 Å². The fourth-order valence-corrected chi connectivity index (χ4v) is 3.40. The van der Waals surface area contributed by atoms with Gasteiger partial charge in [-0.1, -0.05) is 29.8 Å². The van der Waals surface area contributed by atoms with Crippen molar-refractivity contribution in [3.8, 4) is 17.6 Å². The number of hydrogen-bond acceptors (Lipinski definition) is 6. The number of nitrogens with one attached hydrogen (secondary N) is 2. The molecule has 0 bridgehead atoms. The lowest BCUT2D eigenvalue weighted by Crippen LogP contribution is -2.32. The predicted molar refractivity (Wildman–Crippen MR) is 132 cm³/mol. The van der Waals surface area contributed by atoms with E-state index in [2.05, 4.69) is 31.8 Å². The van der Waals surface area contributed by atoms with Crippen LogP contribution < -0.4 is 20.2 Å². The largest absolute Gasteiger partial charge is 0.493 e. The molecule has 2 amide bonds. The number of carbonyl (C=O) groups is 2. The van der Waals surface area contributed by atoms with Gasteiger partial charge in [-0.15, -0.1) is 0 Å². The SMILES string of the molecule is COc1cc(/C=N/NC(=O)C(=O)Nc2ccc(C#N)cc2)cc(Br)c1OCc1ccc(C)cc1. The number of rotatable bonds is 7. The van der Waals surface area contributed by atoms with Crippen molar-refractivity contribution in [2.45, 2.75) is 13.5 Å². The molecule has 0 saturated carbocycles. The first-order valence-corrected chi connectivity index (χ1v) is 10.9. The third-order valence-electron chi connectivity index (χ3n) is 4.61. The van der Waals surface area contributed by atoms with Gasteiger partial charge >= 0.3 is 11.8 Å². The lowest BCUT2D eigenvalue weighted by Gasteiger charge is -2.13. The molecule has 172 valence electrons. The number of methoxy groups -OCH3 is 1. The molecular formula is C25H21BrN4O4. The molecule has 8 nitrogen and oxygen atoms in total. The van der Waals surface area contributed by atoms with Crippen molar-refractivity contribution in [2.24, 2.45) is 5.10 Å². The first-order valence-electron chi connectivity index (χ1n) is 10.1. The van der Waals surface area contributed by atoms with E-state index in [1.54, 1.807) is 12.1 Å². The molecule has 0 unspecified atom stereocenters. The summed E-state index contributed by atoms with van der Waals surface area (Å²) >= 11 is 3.48. The smallest absolute Gasteiger partial charge is 0.329 e. The lowest BCUT2D eigenvalue weighted by atomic mass is 10.2. The summed E-state index contributed by atoms with van der Waals surface area (Å²) < 4.78 is 12.0. The van der Waals surface area contributed by atoms with Gasteiger partial charge in [0.15, 0.2) is 11.5 Å². The Kier molecular flexibility index (Phi) is 8.37. The molecule has 0 aliphatic rings. The summed E-state index contributed by atoms with van der Waals surface area (Å²) in [5.74, 6) is -0.816. The highest BCUT2D eigenvalue weighted by atomic mass is 79.9. The van der Waals surface area contributed by atoms with Crippen LogP contribution in [0.3, 0.4) is 0 Å². The van der Waals surface area contributed by atoms with Gasteiger partial charge in [-0.2, -0.15) is 10.4 Å². The molecule has 3 aromatic rings. The molecule has 0 aliphatic carbocycles. The van der Waals surface area contributed by atoms with Crippen molar-refractivity contribution in [1.82, 2.24) is 5.43 Å². The minimum atomic E-state index is -0.940. The fraction of sp³-hybridized carbons (Fsp3) is 0.120. The molecule has 0 spiro atoms. The van der Waals surface area contributed by atoms with Crippen LogP contribution in [-0.2, 0) is 16.2 Å². The lowest BCUT2D eigenvalue weighted by molar-refractivity contribution is -0.136. The van der Waals surface area contributed by atoms with E-state index in [0.29, 0.717) is 39.4 Å². The van der Waals surface area contributed by atoms with Crippen molar-refractivity contribution in [2.75, 3.05) is 12.4 Å². The van der Waals surface area contributed by atoms with Crippen LogP contribution in [0.2, 0.25) is 0 Å². The number of halogens is 1. The number of amides is 2. The zero-order chi connectivity index (χ0) is 24.5. The Bertz CT molecular complexity index is 1250. The summed E-state index contributed by atoms with van der Waals surface area (Å²) in [5, 5.41) is 15.1. The van der Waals surface area contributed by atoms with Crippen LogP contribution in [0.5, 0.6) is 11.5 Å². The first-order chi connectivity index (χ1) is 16.4. The van der Waals surface area contributed by atoms with E-state index in [1.807, 2.05) is 37.3 Å². The van der Waals surface area contributed by atoms with Crippen molar-refractivity contribution in [3.05, 3.63) is 87.4 Å². The van der Waals surface area contributed by atoms with Crippen LogP contribution in [0.15, 0.2) is 70.2 Å². The average Bonchev–Trinajstić information content (AvgIpc) is 2.84. The Morgan fingerprint density at radius 1 is 1.09 bits per heavy atom. The van der Waals surface area contributed by atoms with E-state index in [0.717, 1.165) is 5.56 Å². The minimum absolute atomic E-state index is 0.368. The summed E-state index contributed by atoms with van der Waals surface area (Å²) in [7, 11) is 1.52. The monoisotopic (exact) mass is 520 g/mol. The van der Waals surface area contributed by atoms with E-state index in [9.17, 15) is 9.59 Å². The van der Waals surface area contributed by atoms with Gasteiger partial charge in [-0.25, -0.2) is 5.43 Å². The van der Waals surface area contributed by atoms with Gasteiger partial charge in [0.25, 0.3) is 0 Å². The van der Waals surface area contributed by atoms with Crippen molar-refractivity contribution >= 4 is 39.6 Å². The van der Waals surface area contributed by atoms with Crippen LogP contribution in [0.25, 0.3) is 0 Å². The molecule has 0 atom stereocenters. The average molecular weight is 521 g/mol. The summed E-state index contributed by atoms with van der Waals surface area (Å²) in [4.78, 5) is 24.0.